The van der Waals surface area contributed by atoms with E-state index in [1.165, 1.54) is 23.3 Å². The molecule has 0 spiro atoms. The van der Waals surface area contributed by atoms with Crippen LogP contribution in [0.15, 0.2) is 67.1 Å². The Morgan fingerprint density at radius 1 is 1.18 bits per heavy atom. The summed E-state index contributed by atoms with van der Waals surface area (Å²) < 4.78 is 6.40. The van der Waals surface area contributed by atoms with Crippen LogP contribution in [0.25, 0.3) is 11.8 Å². The molecule has 0 fully saturated rings. The summed E-state index contributed by atoms with van der Waals surface area (Å²) in [5.74, 6) is -1.51. The first-order valence-corrected chi connectivity index (χ1v) is 12.6. The first-order valence-electron chi connectivity index (χ1n) is 11.4. The van der Waals surface area contributed by atoms with Gasteiger partial charge in [0.2, 0.25) is 11.8 Å². The van der Waals surface area contributed by atoms with Crippen molar-refractivity contribution in [2.45, 2.75) is 19.4 Å². The zero-order valence-corrected chi connectivity index (χ0v) is 21.6. The van der Waals surface area contributed by atoms with Crippen LogP contribution in [0.1, 0.15) is 27.7 Å². The zero-order chi connectivity index (χ0) is 26.9. The Morgan fingerprint density at radius 3 is 2.74 bits per heavy atom. The van der Waals surface area contributed by atoms with Gasteiger partial charge in [0.1, 0.15) is 17.2 Å². The molecule has 4 aromatic rings. The minimum Gasteiger partial charge on any atom is -0.462 e. The maximum atomic E-state index is 13.1. The summed E-state index contributed by atoms with van der Waals surface area (Å²) in [7, 11) is 0. The lowest BCUT2D eigenvalue weighted by molar-refractivity contribution is -0.123. The van der Waals surface area contributed by atoms with E-state index in [2.05, 4.69) is 31.1 Å². The maximum absolute atomic E-state index is 13.1. The second kappa shape index (κ2) is 12.7. The minimum atomic E-state index is -0.928. The first-order chi connectivity index (χ1) is 18.4. The number of nitrogens with one attached hydrogen (secondary N) is 2. The molecule has 0 radical (unpaired) electrons. The van der Waals surface area contributed by atoms with Crippen LogP contribution in [0.3, 0.4) is 0 Å². The van der Waals surface area contributed by atoms with Crippen molar-refractivity contribution in [3.63, 3.8) is 0 Å². The second-order valence-electron chi connectivity index (χ2n) is 7.78. The summed E-state index contributed by atoms with van der Waals surface area (Å²) in [6.45, 7) is 1.93. The molecule has 2 N–H and O–H groups in total. The van der Waals surface area contributed by atoms with Gasteiger partial charge in [-0.05, 0) is 47.2 Å². The number of esters is 1. The van der Waals surface area contributed by atoms with E-state index in [-0.39, 0.29) is 23.0 Å². The zero-order valence-electron chi connectivity index (χ0n) is 20.1. The average molecular weight is 552 g/mol. The van der Waals surface area contributed by atoms with Crippen LogP contribution < -0.4 is 10.6 Å². The van der Waals surface area contributed by atoms with E-state index in [0.717, 1.165) is 16.9 Å². The fraction of sp³-hybridized carbons (Fsp3) is 0.160. The van der Waals surface area contributed by atoms with E-state index in [1.54, 1.807) is 31.2 Å². The Morgan fingerprint density at radius 2 is 2.00 bits per heavy atom. The monoisotopic (exact) mass is 551 g/mol. The van der Waals surface area contributed by atoms with Crippen molar-refractivity contribution in [1.82, 2.24) is 30.5 Å². The number of hydrogen-bond donors (Lipinski definition) is 2. The van der Waals surface area contributed by atoms with Gasteiger partial charge in [-0.1, -0.05) is 53.3 Å². The Hall–Kier alpha value is -4.42. The summed E-state index contributed by atoms with van der Waals surface area (Å²) in [6, 6.07) is 13.4. The molecular weight excluding hydrogens is 530 g/mol. The predicted molar refractivity (Wildman–Crippen MR) is 142 cm³/mol. The maximum Gasteiger partial charge on any atom is 0.350 e. The summed E-state index contributed by atoms with van der Waals surface area (Å²) >= 11 is 7.13. The Labute approximate surface area is 226 Å². The number of tetrazole rings is 1. The molecule has 2 aromatic heterocycles. The Bertz CT molecular complexity index is 1440. The lowest BCUT2D eigenvalue weighted by atomic mass is 10.1. The molecule has 2 heterocycles. The fourth-order valence-corrected chi connectivity index (χ4v) is 4.30. The molecule has 194 valence electrons. The van der Waals surface area contributed by atoms with Crippen LogP contribution in [0, 0.1) is 0 Å². The highest BCUT2D eigenvalue weighted by molar-refractivity contribution is 7.17. The standard InChI is InChI=1S/C25H22ClN7O4S/c1-2-37-24(36)21-14-27-25(38-21)30-23(35)19(12-16-6-4-3-5-7-16)29-22(34)11-8-17-13-18(26)9-10-20(17)33-15-28-31-32-33/h3-11,13-15,19H,2,12H2,1H3,(H,29,34)(H,27,30,35)/b11-8+/t19-/m0/s1. The largest absolute Gasteiger partial charge is 0.462 e. The van der Waals surface area contributed by atoms with Gasteiger partial charge in [0.25, 0.3) is 0 Å². The lowest BCUT2D eigenvalue weighted by Gasteiger charge is -2.17. The number of rotatable bonds is 10. The smallest absolute Gasteiger partial charge is 0.350 e. The number of anilines is 1. The molecule has 0 saturated carbocycles. The molecule has 4 rings (SSSR count). The average Bonchev–Trinajstić information content (AvgIpc) is 3.61. The van der Waals surface area contributed by atoms with E-state index in [4.69, 9.17) is 16.3 Å². The number of benzene rings is 2. The van der Waals surface area contributed by atoms with Gasteiger partial charge in [-0.25, -0.2) is 9.78 Å². The number of ether oxygens (including phenoxy) is 1. The molecule has 1 atom stereocenters. The highest BCUT2D eigenvalue weighted by Gasteiger charge is 2.22. The molecule has 0 aliphatic heterocycles. The molecule has 11 nitrogen and oxygen atoms in total. The molecular formula is C25H22ClN7O4S. The van der Waals surface area contributed by atoms with Crippen LogP contribution in [0.2, 0.25) is 5.02 Å². The third-order valence-corrected chi connectivity index (χ3v) is 6.26. The van der Waals surface area contributed by atoms with E-state index in [0.29, 0.717) is 16.3 Å². The quantitative estimate of drug-likeness (QED) is 0.226. The minimum absolute atomic E-state index is 0.214. The van der Waals surface area contributed by atoms with Crippen LogP contribution >= 0.6 is 22.9 Å². The van der Waals surface area contributed by atoms with E-state index in [9.17, 15) is 14.4 Å². The number of amides is 2. The lowest BCUT2D eigenvalue weighted by Crippen LogP contribution is -2.44. The number of halogens is 1. The van der Waals surface area contributed by atoms with Gasteiger partial charge in [0, 0.05) is 23.1 Å². The van der Waals surface area contributed by atoms with Crippen LogP contribution in [0.4, 0.5) is 5.13 Å². The predicted octanol–water partition coefficient (Wildman–Crippen LogP) is 3.33. The molecule has 2 amide bonds. The summed E-state index contributed by atoms with van der Waals surface area (Å²) in [6.07, 6.45) is 5.84. The second-order valence-corrected chi connectivity index (χ2v) is 9.25. The molecule has 0 unspecified atom stereocenters. The number of hydrogen-bond acceptors (Lipinski definition) is 9. The van der Waals surface area contributed by atoms with Gasteiger partial charge in [-0.15, -0.1) is 5.10 Å². The summed E-state index contributed by atoms with van der Waals surface area (Å²) in [5, 5.41) is 17.2. The summed E-state index contributed by atoms with van der Waals surface area (Å²) in [5.41, 5.74) is 2.06. The van der Waals surface area contributed by atoms with E-state index >= 15 is 0 Å². The first kappa shape index (κ1) is 26.6. The molecule has 13 heteroatoms. The van der Waals surface area contributed by atoms with Crippen molar-refractivity contribution in [2.24, 2.45) is 0 Å². The van der Waals surface area contributed by atoms with Crippen molar-refractivity contribution in [3.05, 3.63) is 88.2 Å². The van der Waals surface area contributed by atoms with Crippen molar-refractivity contribution < 1.29 is 19.1 Å². The van der Waals surface area contributed by atoms with Gasteiger partial charge < -0.3 is 15.4 Å². The van der Waals surface area contributed by atoms with E-state index in [1.807, 2.05) is 30.3 Å². The fourth-order valence-electron chi connectivity index (χ4n) is 3.40. The van der Waals surface area contributed by atoms with Gasteiger partial charge in [0.15, 0.2) is 5.13 Å². The van der Waals surface area contributed by atoms with Gasteiger partial charge in [-0.2, -0.15) is 4.68 Å². The van der Waals surface area contributed by atoms with Gasteiger partial charge in [-0.3, -0.25) is 9.59 Å². The summed E-state index contributed by atoms with van der Waals surface area (Å²) in [4.78, 5) is 42.3. The third-order valence-electron chi connectivity index (χ3n) is 5.13. The molecule has 2 aromatic carbocycles. The number of nitrogens with zero attached hydrogens (tertiary/aromatic N) is 5. The van der Waals surface area contributed by atoms with Crippen molar-refractivity contribution in [3.8, 4) is 5.69 Å². The topological polar surface area (TPSA) is 141 Å². The molecule has 0 bridgehead atoms. The van der Waals surface area contributed by atoms with Gasteiger partial charge >= 0.3 is 5.97 Å². The van der Waals surface area contributed by atoms with Crippen LogP contribution in [-0.2, 0) is 20.7 Å². The van der Waals surface area contributed by atoms with Crippen molar-refractivity contribution in [1.29, 1.82) is 0 Å². The van der Waals surface area contributed by atoms with Crippen LogP contribution in [-0.4, -0.2) is 55.6 Å². The SMILES string of the molecule is CCOC(=O)c1cnc(NC(=O)[C@H](Cc2ccccc2)NC(=O)/C=C/c2cc(Cl)ccc2-n2cnnn2)s1. The number of thiazole rings is 1. The van der Waals surface area contributed by atoms with Gasteiger partial charge in [0.05, 0.1) is 18.5 Å². The Balaban J connectivity index is 1.50. The van der Waals surface area contributed by atoms with Crippen molar-refractivity contribution in [2.75, 3.05) is 11.9 Å². The van der Waals surface area contributed by atoms with Crippen LogP contribution in [0.5, 0.6) is 0 Å². The van der Waals surface area contributed by atoms with E-state index < -0.39 is 23.8 Å². The molecule has 0 aliphatic rings. The normalized spacial score (nSPS) is 11.7. The van der Waals surface area contributed by atoms with Crippen molar-refractivity contribution >= 4 is 51.9 Å². The molecule has 0 saturated heterocycles. The molecule has 0 aliphatic carbocycles. The number of carbonyl (C=O) groups is 3. The number of carbonyl (C=O) groups excluding carboxylic acids is 3. The Kier molecular flexibility index (Phi) is 8.90. The third kappa shape index (κ3) is 7.08. The highest BCUT2D eigenvalue weighted by Crippen LogP contribution is 2.21. The highest BCUT2D eigenvalue weighted by atomic mass is 35.5. The molecule has 38 heavy (non-hydrogen) atoms. The number of aromatic nitrogens is 5.